The molecule has 0 saturated carbocycles. The summed E-state index contributed by atoms with van der Waals surface area (Å²) in [5, 5.41) is 2.62. The average molecular weight is 631 g/mol. The molecular formula is C25H29Cl3F3N3O4S. The first-order chi connectivity index (χ1) is 17.9. The minimum absolute atomic E-state index is 0.124. The van der Waals surface area contributed by atoms with Gasteiger partial charge in [0.2, 0.25) is 21.8 Å². The molecule has 0 radical (unpaired) electrons. The van der Waals surface area contributed by atoms with Gasteiger partial charge < -0.3 is 10.2 Å². The number of carbonyl (C=O) groups excluding carboxylic acids is 2. The fourth-order valence-electron chi connectivity index (χ4n) is 3.68. The third-order valence-corrected chi connectivity index (χ3v) is 7.84. The second kappa shape index (κ2) is 13.4. The third kappa shape index (κ3) is 9.16. The fraction of sp³-hybridized carbons (Fsp3) is 0.440. The Balaban J connectivity index is 2.53. The zero-order chi connectivity index (χ0) is 29.7. The molecule has 39 heavy (non-hydrogen) atoms. The first kappa shape index (κ1) is 33.0. The van der Waals surface area contributed by atoms with Gasteiger partial charge in [0.25, 0.3) is 0 Å². The molecule has 0 heterocycles. The number of sulfonamides is 1. The minimum Gasteiger partial charge on any atom is -0.354 e. The second-order valence-electron chi connectivity index (χ2n) is 9.26. The molecule has 0 bridgehead atoms. The van der Waals surface area contributed by atoms with E-state index in [1.165, 1.54) is 17.0 Å². The van der Waals surface area contributed by atoms with E-state index in [-0.39, 0.29) is 28.9 Å². The molecular weight excluding hydrogens is 602 g/mol. The molecule has 14 heteroatoms. The van der Waals surface area contributed by atoms with Crippen LogP contribution in [0.15, 0.2) is 36.4 Å². The Kier molecular flexibility index (Phi) is 11.4. The van der Waals surface area contributed by atoms with Crippen LogP contribution in [0.2, 0.25) is 15.1 Å². The monoisotopic (exact) mass is 629 g/mol. The number of nitrogens with zero attached hydrogens (tertiary/aromatic N) is 2. The van der Waals surface area contributed by atoms with Crippen LogP contribution in [-0.2, 0) is 32.3 Å². The summed E-state index contributed by atoms with van der Waals surface area (Å²) in [6.45, 7) is 4.79. The Morgan fingerprint density at radius 1 is 1.00 bits per heavy atom. The van der Waals surface area contributed by atoms with Gasteiger partial charge in [-0.15, -0.1) is 0 Å². The van der Waals surface area contributed by atoms with Crippen LogP contribution in [0.25, 0.3) is 0 Å². The molecule has 2 rings (SSSR count). The molecule has 0 aliphatic heterocycles. The molecule has 1 unspecified atom stereocenters. The second-order valence-corrected chi connectivity index (χ2v) is 12.4. The lowest BCUT2D eigenvalue weighted by atomic mass is 10.1. The summed E-state index contributed by atoms with van der Waals surface area (Å²) in [5.74, 6) is -1.16. The van der Waals surface area contributed by atoms with Crippen LogP contribution in [-0.4, -0.2) is 50.5 Å². The zero-order valence-electron chi connectivity index (χ0n) is 21.7. The molecule has 0 spiro atoms. The maximum Gasteiger partial charge on any atom is 0.417 e. The van der Waals surface area contributed by atoms with Crippen molar-refractivity contribution in [2.75, 3.05) is 23.7 Å². The normalized spacial score (nSPS) is 12.8. The number of hydrogen-bond donors (Lipinski definition) is 1. The maximum atomic E-state index is 13.7. The number of halogens is 6. The number of rotatable bonds is 11. The maximum absolute atomic E-state index is 13.7. The van der Waals surface area contributed by atoms with Crippen LogP contribution in [0, 0.1) is 5.92 Å². The molecule has 7 nitrogen and oxygen atoms in total. The molecule has 216 valence electrons. The van der Waals surface area contributed by atoms with Crippen molar-refractivity contribution in [1.82, 2.24) is 10.2 Å². The standard InChI is InChI=1S/C25H29Cl3F3N3O4S/c1-5-22(24(36)32-12-15(2)3)33(13-16-6-8-20(27)21(28)10-16)23(35)14-34(39(4,37)38)17-7-9-19(26)18(11-17)25(29,30)31/h6-11,15,22H,5,12-14H2,1-4H3,(H,32,36). The Hall–Kier alpha value is -2.21. The SMILES string of the molecule is CCC(C(=O)NCC(C)C)N(Cc1ccc(Cl)c(Cl)c1)C(=O)CN(c1ccc(Cl)c(C(F)(F)F)c1)S(C)(=O)=O. The predicted octanol–water partition coefficient (Wildman–Crippen LogP) is 6.01. The van der Waals surface area contributed by atoms with E-state index < -0.39 is 56.9 Å². The van der Waals surface area contributed by atoms with Gasteiger partial charge >= 0.3 is 6.18 Å². The quantitative estimate of drug-likeness (QED) is 0.330. The number of anilines is 1. The van der Waals surface area contributed by atoms with Gasteiger partial charge in [-0.2, -0.15) is 13.2 Å². The Labute approximate surface area is 241 Å². The summed E-state index contributed by atoms with van der Waals surface area (Å²) < 4.78 is 66.2. The van der Waals surface area contributed by atoms with Gasteiger partial charge in [0.15, 0.2) is 0 Å². The first-order valence-corrected chi connectivity index (χ1v) is 14.8. The van der Waals surface area contributed by atoms with E-state index in [4.69, 9.17) is 34.8 Å². The Morgan fingerprint density at radius 2 is 1.62 bits per heavy atom. The lowest BCUT2D eigenvalue weighted by Crippen LogP contribution is -2.52. The molecule has 1 N–H and O–H groups in total. The van der Waals surface area contributed by atoms with Gasteiger partial charge in [0, 0.05) is 13.1 Å². The van der Waals surface area contributed by atoms with Gasteiger partial charge in [-0.1, -0.05) is 61.6 Å². The van der Waals surface area contributed by atoms with Crippen LogP contribution < -0.4 is 9.62 Å². The molecule has 0 saturated heterocycles. The van der Waals surface area contributed by atoms with Gasteiger partial charge in [-0.25, -0.2) is 8.42 Å². The van der Waals surface area contributed by atoms with Gasteiger partial charge in [0.1, 0.15) is 12.6 Å². The zero-order valence-corrected chi connectivity index (χ0v) is 24.7. The largest absolute Gasteiger partial charge is 0.417 e. The highest BCUT2D eigenvalue weighted by atomic mass is 35.5. The Bertz CT molecular complexity index is 1310. The van der Waals surface area contributed by atoms with E-state index in [9.17, 15) is 31.2 Å². The molecule has 0 aliphatic rings. The summed E-state index contributed by atoms with van der Waals surface area (Å²) in [5.41, 5.74) is -1.16. The molecule has 0 aromatic heterocycles. The Morgan fingerprint density at radius 3 is 2.13 bits per heavy atom. The first-order valence-electron chi connectivity index (χ1n) is 11.8. The lowest BCUT2D eigenvalue weighted by Gasteiger charge is -2.33. The van der Waals surface area contributed by atoms with Gasteiger partial charge in [0.05, 0.1) is 32.6 Å². The number of amides is 2. The summed E-state index contributed by atoms with van der Waals surface area (Å²) in [6.07, 6.45) is -3.92. The number of benzene rings is 2. The molecule has 2 amide bonds. The molecule has 0 aliphatic carbocycles. The molecule has 2 aromatic rings. The van der Waals surface area contributed by atoms with Crippen molar-refractivity contribution >= 4 is 62.3 Å². The lowest BCUT2D eigenvalue weighted by molar-refractivity contribution is -0.140. The van der Waals surface area contributed by atoms with E-state index in [0.29, 0.717) is 22.5 Å². The van der Waals surface area contributed by atoms with E-state index in [1.807, 2.05) is 13.8 Å². The van der Waals surface area contributed by atoms with Crippen molar-refractivity contribution in [1.29, 1.82) is 0 Å². The van der Waals surface area contributed by atoms with E-state index >= 15 is 0 Å². The molecule has 1 atom stereocenters. The van der Waals surface area contributed by atoms with Crippen molar-refractivity contribution in [2.45, 2.75) is 46.0 Å². The number of carbonyl (C=O) groups is 2. The number of nitrogens with one attached hydrogen (secondary N) is 1. The minimum atomic E-state index is -4.86. The van der Waals surface area contributed by atoms with Crippen LogP contribution in [0.5, 0.6) is 0 Å². The topological polar surface area (TPSA) is 86.8 Å². The summed E-state index contributed by atoms with van der Waals surface area (Å²) in [4.78, 5) is 27.9. The van der Waals surface area contributed by atoms with Crippen LogP contribution >= 0.6 is 34.8 Å². The summed E-state index contributed by atoms with van der Waals surface area (Å²) >= 11 is 17.8. The third-order valence-electron chi connectivity index (χ3n) is 5.63. The summed E-state index contributed by atoms with van der Waals surface area (Å²) in [7, 11) is -4.24. The van der Waals surface area contributed by atoms with Gasteiger partial charge in [-0.3, -0.25) is 13.9 Å². The van der Waals surface area contributed by atoms with Crippen molar-refractivity contribution in [2.24, 2.45) is 5.92 Å². The van der Waals surface area contributed by atoms with Crippen LogP contribution in [0.3, 0.4) is 0 Å². The predicted molar refractivity (Wildman–Crippen MR) is 148 cm³/mol. The van der Waals surface area contributed by atoms with Crippen molar-refractivity contribution in [3.63, 3.8) is 0 Å². The van der Waals surface area contributed by atoms with Crippen molar-refractivity contribution in [3.8, 4) is 0 Å². The van der Waals surface area contributed by atoms with Crippen LogP contribution in [0.4, 0.5) is 18.9 Å². The van der Waals surface area contributed by atoms with Crippen molar-refractivity contribution < 1.29 is 31.2 Å². The van der Waals surface area contributed by atoms with Crippen molar-refractivity contribution in [3.05, 3.63) is 62.6 Å². The highest BCUT2D eigenvalue weighted by molar-refractivity contribution is 7.92. The van der Waals surface area contributed by atoms with E-state index in [1.54, 1.807) is 13.0 Å². The number of hydrogen-bond acceptors (Lipinski definition) is 4. The highest BCUT2D eigenvalue weighted by Crippen LogP contribution is 2.37. The molecule has 2 aromatic carbocycles. The van der Waals surface area contributed by atoms with Crippen LogP contribution in [0.1, 0.15) is 38.3 Å². The van der Waals surface area contributed by atoms with E-state index in [0.717, 1.165) is 18.4 Å². The average Bonchev–Trinajstić information content (AvgIpc) is 2.82. The number of alkyl halides is 3. The highest BCUT2D eigenvalue weighted by Gasteiger charge is 2.36. The smallest absolute Gasteiger partial charge is 0.354 e. The molecule has 0 fully saturated rings. The van der Waals surface area contributed by atoms with Gasteiger partial charge in [-0.05, 0) is 48.2 Å². The van der Waals surface area contributed by atoms with E-state index in [2.05, 4.69) is 5.32 Å². The summed E-state index contributed by atoms with van der Waals surface area (Å²) in [6, 6.07) is 6.14. The fourth-order valence-corrected chi connectivity index (χ4v) is 5.06.